The molecule has 0 fully saturated rings. The number of nitrogens with one attached hydrogen (secondary N) is 2. The molecule has 1 unspecified atom stereocenters. The second-order valence-electron chi connectivity index (χ2n) is 5.44. The van der Waals surface area contributed by atoms with Crippen LogP contribution in [0, 0.1) is 0 Å². The molecule has 6 nitrogen and oxygen atoms in total. The quantitative estimate of drug-likeness (QED) is 0.674. The Bertz CT molecular complexity index is 747. The number of ether oxygens (including phenoxy) is 1. The highest BCUT2D eigenvalue weighted by molar-refractivity contribution is 7.12. The van der Waals surface area contributed by atoms with Crippen LogP contribution in [0.4, 0.5) is 0 Å². The fourth-order valence-corrected chi connectivity index (χ4v) is 3.01. The number of hydrogen-bond donors (Lipinski definition) is 2. The molecule has 0 spiro atoms. The fraction of sp³-hybridized carbons (Fsp3) is 0.278. The van der Waals surface area contributed by atoms with Gasteiger partial charge in [-0.15, -0.1) is 11.3 Å². The molecule has 0 radical (unpaired) electrons. The lowest BCUT2D eigenvalue weighted by molar-refractivity contribution is -0.141. The predicted molar refractivity (Wildman–Crippen MR) is 100 cm³/mol. The standard InChI is InChI=1S/C18H19ClN2O4S/c1-25-17(23)11-14(12-4-6-13(19)7-5-12)21-16(22)8-9-20-18(24)15-3-2-10-26-15/h2-7,10,14H,8-9,11H2,1H3,(H,20,24)(H,21,22). The molecule has 2 aromatic rings. The predicted octanol–water partition coefficient (Wildman–Crippen LogP) is 2.94. The average molecular weight is 395 g/mol. The Balaban J connectivity index is 1.89. The van der Waals surface area contributed by atoms with Crippen molar-refractivity contribution in [2.75, 3.05) is 13.7 Å². The molecule has 2 rings (SSSR count). The van der Waals surface area contributed by atoms with Gasteiger partial charge in [-0.3, -0.25) is 14.4 Å². The highest BCUT2D eigenvalue weighted by atomic mass is 35.5. The molecule has 1 aromatic heterocycles. The van der Waals surface area contributed by atoms with Gasteiger partial charge in [0.15, 0.2) is 0 Å². The molecule has 0 saturated heterocycles. The maximum Gasteiger partial charge on any atom is 0.307 e. The lowest BCUT2D eigenvalue weighted by Gasteiger charge is -2.18. The van der Waals surface area contributed by atoms with Crippen LogP contribution in [0.2, 0.25) is 5.02 Å². The minimum Gasteiger partial charge on any atom is -0.469 e. The van der Waals surface area contributed by atoms with E-state index in [9.17, 15) is 14.4 Å². The zero-order chi connectivity index (χ0) is 18.9. The van der Waals surface area contributed by atoms with Crippen molar-refractivity contribution in [3.63, 3.8) is 0 Å². The largest absolute Gasteiger partial charge is 0.469 e. The molecule has 1 heterocycles. The monoisotopic (exact) mass is 394 g/mol. The summed E-state index contributed by atoms with van der Waals surface area (Å²) in [6, 6.07) is 9.84. The van der Waals surface area contributed by atoms with Crippen molar-refractivity contribution in [1.82, 2.24) is 10.6 Å². The summed E-state index contributed by atoms with van der Waals surface area (Å²) in [4.78, 5) is 36.3. The van der Waals surface area contributed by atoms with Crippen LogP contribution >= 0.6 is 22.9 Å². The highest BCUT2D eigenvalue weighted by Crippen LogP contribution is 2.20. The van der Waals surface area contributed by atoms with E-state index in [1.807, 2.05) is 5.38 Å². The lowest BCUT2D eigenvalue weighted by atomic mass is 10.0. The number of amides is 2. The van der Waals surface area contributed by atoms with Crippen molar-refractivity contribution in [3.05, 3.63) is 57.2 Å². The minimum absolute atomic E-state index is 0.00538. The van der Waals surface area contributed by atoms with Crippen molar-refractivity contribution in [3.8, 4) is 0 Å². The van der Waals surface area contributed by atoms with Gasteiger partial charge in [0.1, 0.15) is 0 Å². The number of rotatable bonds is 8. The first-order valence-corrected chi connectivity index (χ1v) is 9.18. The van der Waals surface area contributed by atoms with Crippen LogP contribution in [0.25, 0.3) is 0 Å². The molecule has 0 saturated carbocycles. The number of esters is 1. The van der Waals surface area contributed by atoms with E-state index in [1.54, 1.807) is 36.4 Å². The molecular formula is C18H19ClN2O4S. The van der Waals surface area contributed by atoms with Gasteiger partial charge in [-0.1, -0.05) is 29.8 Å². The molecule has 138 valence electrons. The smallest absolute Gasteiger partial charge is 0.307 e. The summed E-state index contributed by atoms with van der Waals surface area (Å²) in [5.41, 5.74) is 0.746. The maximum absolute atomic E-state index is 12.2. The molecule has 26 heavy (non-hydrogen) atoms. The maximum atomic E-state index is 12.2. The van der Waals surface area contributed by atoms with Crippen molar-refractivity contribution in [2.24, 2.45) is 0 Å². The molecule has 2 N–H and O–H groups in total. The number of benzene rings is 1. The van der Waals surface area contributed by atoms with Crippen LogP contribution < -0.4 is 10.6 Å². The van der Waals surface area contributed by atoms with Crippen molar-refractivity contribution in [1.29, 1.82) is 0 Å². The Kier molecular flexibility index (Phi) is 7.62. The Labute approximate surface area is 160 Å². The van der Waals surface area contributed by atoms with Crippen LogP contribution in [-0.4, -0.2) is 31.4 Å². The van der Waals surface area contributed by atoms with Gasteiger partial charge in [0, 0.05) is 18.0 Å². The molecule has 1 aromatic carbocycles. The summed E-state index contributed by atoms with van der Waals surface area (Å²) in [7, 11) is 1.29. The van der Waals surface area contributed by atoms with Crippen molar-refractivity contribution >= 4 is 40.7 Å². The summed E-state index contributed by atoms with van der Waals surface area (Å²) in [6.45, 7) is 0.203. The number of thiophene rings is 1. The van der Waals surface area contributed by atoms with E-state index in [2.05, 4.69) is 15.4 Å². The van der Waals surface area contributed by atoms with E-state index in [0.717, 1.165) is 5.56 Å². The van der Waals surface area contributed by atoms with Gasteiger partial charge in [-0.05, 0) is 29.1 Å². The minimum atomic E-state index is -0.528. The first-order chi connectivity index (χ1) is 12.5. The van der Waals surface area contributed by atoms with E-state index in [4.69, 9.17) is 11.6 Å². The van der Waals surface area contributed by atoms with Gasteiger partial charge in [-0.25, -0.2) is 0 Å². The first kappa shape index (κ1) is 19.9. The normalized spacial score (nSPS) is 11.5. The third-order valence-corrected chi connectivity index (χ3v) is 4.71. The van der Waals surface area contributed by atoms with E-state index in [0.29, 0.717) is 9.90 Å². The van der Waals surface area contributed by atoms with E-state index >= 15 is 0 Å². The number of carbonyl (C=O) groups excluding carboxylic acids is 3. The summed E-state index contributed by atoms with van der Waals surface area (Å²) in [6.07, 6.45) is 0.105. The third kappa shape index (κ3) is 6.16. The molecule has 0 aliphatic rings. The average Bonchev–Trinajstić information content (AvgIpc) is 3.16. The summed E-state index contributed by atoms with van der Waals surface area (Å²) < 4.78 is 4.69. The van der Waals surface area contributed by atoms with Gasteiger partial charge in [0.25, 0.3) is 5.91 Å². The van der Waals surface area contributed by atoms with Gasteiger partial charge in [0.2, 0.25) is 5.91 Å². The Hall–Kier alpha value is -2.38. The van der Waals surface area contributed by atoms with Gasteiger partial charge in [-0.2, -0.15) is 0 Å². The van der Waals surface area contributed by atoms with E-state index < -0.39 is 12.0 Å². The molecule has 2 amide bonds. The molecule has 1 atom stereocenters. The van der Waals surface area contributed by atoms with Crippen LogP contribution in [-0.2, 0) is 14.3 Å². The third-order valence-electron chi connectivity index (χ3n) is 3.59. The fourth-order valence-electron chi connectivity index (χ4n) is 2.25. The zero-order valence-electron chi connectivity index (χ0n) is 14.2. The second kappa shape index (κ2) is 9.94. The topological polar surface area (TPSA) is 84.5 Å². The first-order valence-electron chi connectivity index (χ1n) is 7.93. The van der Waals surface area contributed by atoms with Gasteiger partial charge < -0.3 is 15.4 Å². The molecular weight excluding hydrogens is 376 g/mol. The van der Waals surface area contributed by atoms with Crippen LogP contribution in [0.5, 0.6) is 0 Å². The van der Waals surface area contributed by atoms with Crippen molar-refractivity contribution in [2.45, 2.75) is 18.9 Å². The summed E-state index contributed by atoms with van der Waals surface area (Å²) >= 11 is 7.21. The summed E-state index contributed by atoms with van der Waals surface area (Å²) in [5, 5.41) is 7.86. The van der Waals surface area contributed by atoms with Crippen LogP contribution in [0.15, 0.2) is 41.8 Å². The SMILES string of the molecule is COC(=O)CC(NC(=O)CCNC(=O)c1cccs1)c1ccc(Cl)cc1. The number of halogens is 1. The second-order valence-corrected chi connectivity index (χ2v) is 6.82. The Morgan fingerprint density at radius 3 is 2.54 bits per heavy atom. The summed E-state index contributed by atoms with van der Waals surface area (Å²) in [5.74, 6) is -0.923. The van der Waals surface area contributed by atoms with Gasteiger partial charge in [0.05, 0.1) is 24.4 Å². The zero-order valence-corrected chi connectivity index (χ0v) is 15.7. The Morgan fingerprint density at radius 2 is 1.92 bits per heavy atom. The van der Waals surface area contributed by atoms with Gasteiger partial charge >= 0.3 is 5.97 Å². The Morgan fingerprint density at radius 1 is 1.19 bits per heavy atom. The van der Waals surface area contributed by atoms with E-state index in [1.165, 1.54) is 18.4 Å². The van der Waals surface area contributed by atoms with Crippen LogP contribution in [0.1, 0.15) is 34.1 Å². The van der Waals surface area contributed by atoms with Crippen LogP contribution in [0.3, 0.4) is 0 Å². The molecule has 0 aliphatic heterocycles. The number of methoxy groups -OCH3 is 1. The lowest BCUT2D eigenvalue weighted by Crippen LogP contribution is -2.33. The van der Waals surface area contributed by atoms with E-state index in [-0.39, 0.29) is 31.2 Å². The van der Waals surface area contributed by atoms with Crippen molar-refractivity contribution < 1.29 is 19.1 Å². The number of carbonyl (C=O) groups is 3. The molecule has 8 heteroatoms. The highest BCUT2D eigenvalue weighted by Gasteiger charge is 2.19. The number of hydrogen-bond acceptors (Lipinski definition) is 5. The molecule has 0 aliphatic carbocycles. The molecule has 0 bridgehead atoms.